The summed E-state index contributed by atoms with van der Waals surface area (Å²) < 4.78 is 16.7. The quantitative estimate of drug-likeness (QED) is 0.401. The molecule has 0 unspecified atom stereocenters. The monoisotopic (exact) mass is 434 g/mol. The van der Waals surface area contributed by atoms with E-state index in [2.05, 4.69) is 10.3 Å². The molecule has 1 heterocycles. The lowest BCUT2D eigenvalue weighted by Gasteiger charge is -2.14. The lowest BCUT2D eigenvalue weighted by molar-refractivity contribution is 0.0607. The molecule has 7 nitrogen and oxygen atoms in total. The first-order chi connectivity index (χ1) is 14.0. The molecule has 0 atom stereocenters. The standard InChI is InChI=1S/C20H19ClN2O5S/c1-26-5-6-28-11-13-8-14(21)9-15(18(13)27-2)19(25)23-20-22-16-4-3-12(10-24)7-17(16)29-20/h3-4,7-10H,5-6,11H2,1-2H3,(H,22,23,25). The average Bonchev–Trinajstić information content (AvgIpc) is 3.11. The number of amides is 1. The number of rotatable bonds is 9. The van der Waals surface area contributed by atoms with Crippen molar-refractivity contribution in [3.05, 3.63) is 52.0 Å². The molecule has 0 fully saturated rings. The van der Waals surface area contributed by atoms with Gasteiger partial charge in [-0.15, -0.1) is 0 Å². The first-order valence-corrected chi connectivity index (χ1v) is 9.85. The van der Waals surface area contributed by atoms with Crippen LogP contribution in [0.3, 0.4) is 0 Å². The number of benzene rings is 2. The molecule has 1 N–H and O–H groups in total. The van der Waals surface area contributed by atoms with Crippen molar-refractivity contribution in [1.82, 2.24) is 4.98 Å². The highest BCUT2D eigenvalue weighted by molar-refractivity contribution is 7.22. The van der Waals surface area contributed by atoms with Crippen molar-refractivity contribution in [2.45, 2.75) is 6.61 Å². The van der Waals surface area contributed by atoms with E-state index in [1.807, 2.05) is 0 Å². The predicted molar refractivity (Wildman–Crippen MR) is 112 cm³/mol. The number of anilines is 1. The van der Waals surface area contributed by atoms with Crippen LogP contribution < -0.4 is 10.1 Å². The van der Waals surface area contributed by atoms with Gasteiger partial charge in [-0.05, 0) is 30.3 Å². The normalized spacial score (nSPS) is 10.9. The van der Waals surface area contributed by atoms with Crippen molar-refractivity contribution < 1.29 is 23.8 Å². The molecule has 0 radical (unpaired) electrons. The Morgan fingerprint density at radius 3 is 2.79 bits per heavy atom. The Morgan fingerprint density at radius 1 is 1.24 bits per heavy atom. The number of aldehydes is 1. The van der Waals surface area contributed by atoms with Crippen LogP contribution in [-0.2, 0) is 16.1 Å². The Balaban J connectivity index is 1.84. The highest BCUT2D eigenvalue weighted by Crippen LogP contribution is 2.31. The first-order valence-electron chi connectivity index (χ1n) is 8.66. The molecule has 3 aromatic rings. The van der Waals surface area contributed by atoms with Crippen LogP contribution in [0.15, 0.2) is 30.3 Å². The van der Waals surface area contributed by atoms with Gasteiger partial charge in [-0.1, -0.05) is 22.9 Å². The third kappa shape index (κ3) is 5.10. The number of carbonyl (C=O) groups is 2. The van der Waals surface area contributed by atoms with Crippen LogP contribution in [0.25, 0.3) is 10.2 Å². The van der Waals surface area contributed by atoms with E-state index in [0.717, 1.165) is 11.0 Å². The summed E-state index contributed by atoms with van der Waals surface area (Å²) in [5.74, 6) is -0.0224. The largest absolute Gasteiger partial charge is 0.496 e. The molecule has 9 heteroatoms. The van der Waals surface area contributed by atoms with Crippen LogP contribution in [0, 0.1) is 0 Å². The van der Waals surface area contributed by atoms with E-state index in [1.54, 1.807) is 31.4 Å². The molecule has 152 valence electrons. The Morgan fingerprint density at radius 2 is 2.07 bits per heavy atom. The van der Waals surface area contributed by atoms with Crippen molar-refractivity contribution in [2.24, 2.45) is 0 Å². The zero-order valence-electron chi connectivity index (χ0n) is 15.9. The number of fused-ring (bicyclic) bond motifs is 1. The van der Waals surface area contributed by atoms with Crippen LogP contribution in [0.2, 0.25) is 5.02 Å². The third-order valence-corrected chi connectivity index (χ3v) is 5.19. The summed E-state index contributed by atoms with van der Waals surface area (Å²) >= 11 is 7.48. The minimum Gasteiger partial charge on any atom is -0.496 e. The van der Waals surface area contributed by atoms with Crippen LogP contribution in [-0.4, -0.2) is 44.6 Å². The van der Waals surface area contributed by atoms with Gasteiger partial charge in [0.15, 0.2) is 5.13 Å². The first kappa shape index (κ1) is 21.2. The van der Waals surface area contributed by atoms with Crippen LogP contribution in [0.4, 0.5) is 5.13 Å². The SMILES string of the molecule is COCCOCc1cc(Cl)cc(C(=O)Nc2nc3ccc(C=O)cc3s2)c1OC. The smallest absolute Gasteiger partial charge is 0.261 e. The summed E-state index contributed by atoms with van der Waals surface area (Å²) in [7, 11) is 3.07. The Kier molecular flexibility index (Phi) is 7.16. The number of ether oxygens (including phenoxy) is 3. The molecule has 0 bridgehead atoms. The number of carbonyl (C=O) groups excluding carboxylic acids is 2. The molecule has 0 saturated heterocycles. The molecular formula is C20H19ClN2O5S. The fraction of sp³-hybridized carbons (Fsp3) is 0.250. The topological polar surface area (TPSA) is 86.8 Å². The van der Waals surface area contributed by atoms with Gasteiger partial charge in [0.1, 0.15) is 12.0 Å². The van der Waals surface area contributed by atoms with Crippen LogP contribution in [0.1, 0.15) is 26.3 Å². The lowest BCUT2D eigenvalue weighted by atomic mass is 10.1. The highest BCUT2D eigenvalue weighted by atomic mass is 35.5. The van der Waals surface area contributed by atoms with Crippen molar-refractivity contribution in [3.8, 4) is 5.75 Å². The summed E-state index contributed by atoms with van der Waals surface area (Å²) in [5, 5.41) is 3.57. The van der Waals surface area contributed by atoms with E-state index in [-0.39, 0.29) is 12.2 Å². The number of hydrogen-bond donors (Lipinski definition) is 1. The fourth-order valence-electron chi connectivity index (χ4n) is 2.72. The maximum absolute atomic E-state index is 12.9. The molecule has 1 amide bonds. The molecule has 0 saturated carbocycles. The van der Waals surface area contributed by atoms with Gasteiger partial charge in [-0.25, -0.2) is 4.98 Å². The summed E-state index contributed by atoms with van der Waals surface area (Å²) in [5.41, 5.74) is 2.18. The van der Waals surface area contributed by atoms with Crippen LogP contribution >= 0.6 is 22.9 Å². The molecule has 29 heavy (non-hydrogen) atoms. The van der Waals surface area contributed by atoms with Gasteiger partial charge in [-0.3, -0.25) is 14.9 Å². The molecular weight excluding hydrogens is 416 g/mol. The number of halogens is 1. The number of nitrogens with one attached hydrogen (secondary N) is 1. The van der Waals surface area contributed by atoms with E-state index in [1.165, 1.54) is 24.5 Å². The van der Waals surface area contributed by atoms with Gasteiger partial charge in [-0.2, -0.15) is 0 Å². The lowest BCUT2D eigenvalue weighted by Crippen LogP contribution is -2.14. The van der Waals surface area contributed by atoms with E-state index < -0.39 is 5.91 Å². The highest BCUT2D eigenvalue weighted by Gasteiger charge is 2.19. The van der Waals surface area contributed by atoms with Crippen molar-refractivity contribution in [1.29, 1.82) is 0 Å². The minimum atomic E-state index is -0.405. The molecule has 2 aromatic carbocycles. The number of thiazole rings is 1. The second-order valence-electron chi connectivity index (χ2n) is 6.01. The second-order valence-corrected chi connectivity index (χ2v) is 7.48. The zero-order chi connectivity index (χ0) is 20.8. The van der Waals surface area contributed by atoms with Gasteiger partial charge >= 0.3 is 0 Å². The van der Waals surface area contributed by atoms with Gasteiger partial charge < -0.3 is 14.2 Å². The van der Waals surface area contributed by atoms with E-state index >= 15 is 0 Å². The Hall–Kier alpha value is -2.52. The summed E-state index contributed by atoms with van der Waals surface area (Å²) in [4.78, 5) is 28.2. The number of hydrogen-bond acceptors (Lipinski definition) is 7. The fourth-order valence-corrected chi connectivity index (χ4v) is 3.87. The van der Waals surface area contributed by atoms with Gasteiger partial charge in [0.2, 0.25) is 0 Å². The number of aromatic nitrogens is 1. The van der Waals surface area contributed by atoms with E-state index in [9.17, 15) is 9.59 Å². The minimum absolute atomic E-state index is 0.225. The Labute approximate surface area is 176 Å². The molecule has 0 spiro atoms. The molecule has 0 aliphatic rings. The van der Waals surface area contributed by atoms with Gasteiger partial charge in [0.05, 0.1) is 42.7 Å². The van der Waals surface area contributed by atoms with E-state index in [0.29, 0.717) is 45.8 Å². The summed E-state index contributed by atoms with van der Waals surface area (Å²) in [6, 6.07) is 8.37. The van der Waals surface area contributed by atoms with Crippen LogP contribution in [0.5, 0.6) is 5.75 Å². The molecule has 0 aliphatic carbocycles. The van der Waals surface area contributed by atoms with Gasteiger partial charge in [0, 0.05) is 23.3 Å². The molecule has 3 rings (SSSR count). The third-order valence-electron chi connectivity index (χ3n) is 4.04. The molecule has 0 aliphatic heterocycles. The van der Waals surface area contributed by atoms with Gasteiger partial charge in [0.25, 0.3) is 5.91 Å². The number of nitrogens with zero attached hydrogens (tertiary/aromatic N) is 1. The average molecular weight is 435 g/mol. The van der Waals surface area contributed by atoms with Crippen molar-refractivity contribution in [2.75, 3.05) is 32.8 Å². The summed E-state index contributed by atoms with van der Waals surface area (Å²) in [6.45, 7) is 1.09. The number of methoxy groups -OCH3 is 2. The zero-order valence-corrected chi connectivity index (χ0v) is 17.4. The maximum atomic E-state index is 12.9. The Bertz CT molecular complexity index is 1040. The van der Waals surface area contributed by atoms with Crippen molar-refractivity contribution >= 4 is 50.5 Å². The maximum Gasteiger partial charge on any atom is 0.261 e. The van der Waals surface area contributed by atoms with E-state index in [4.69, 9.17) is 25.8 Å². The summed E-state index contributed by atoms with van der Waals surface area (Å²) in [6.07, 6.45) is 0.768. The molecule has 1 aromatic heterocycles. The second kappa shape index (κ2) is 9.80. The van der Waals surface area contributed by atoms with Crippen molar-refractivity contribution in [3.63, 3.8) is 0 Å². The predicted octanol–water partition coefficient (Wildman–Crippen LogP) is 4.19.